The fourth-order valence-electron chi connectivity index (χ4n) is 2.36. The summed E-state index contributed by atoms with van der Waals surface area (Å²) < 4.78 is 9.67. The third-order valence-electron chi connectivity index (χ3n) is 4.58. The van der Waals surface area contributed by atoms with E-state index in [0.717, 1.165) is 0 Å². The van der Waals surface area contributed by atoms with Crippen molar-refractivity contribution in [3.8, 4) is 11.5 Å². The molecule has 39 heavy (non-hydrogen) atoms. The van der Waals surface area contributed by atoms with Crippen molar-refractivity contribution in [3.05, 3.63) is 59.7 Å². The summed E-state index contributed by atoms with van der Waals surface area (Å²) in [5, 5.41) is 53.9. The number of aromatic carboxylic acids is 2. The number of carboxylic acid groups (broad SMARTS) is 2. The molecule has 225 valence electrons. The minimum atomic E-state index is -1.17. The van der Waals surface area contributed by atoms with E-state index in [-0.39, 0.29) is 54.6 Å². The van der Waals surface area contributed by atoms with Crippen molar-refractivity contribution < 1.29 is 66.8 Å². The van der Waals surface area contributed by atoms with Crippen molar-refractivity contribution in [1.82, 2.24) is 9.80 Å². The molecule has 0 spiro atoms. The van der Waals surface area contributed by atoms with E-state index < -0.39 is 11.9 Å². The van der Waals surface area contributed by atoms with Crippen LogP contribution in [0.2, 0.25) is 0 Å². The molecule has 0 heterocycles. The number of nitrogens with zero attached hydrogens (tertiary/aromatic N) is 2. The van der Waals surface area contributed by atoms with Gasteiger partial charge in [-0.2, -0.15) is 0 Å². The molecule has 0 aromatic heterocycles. The largest absolute Gasteiger partial charge is 2.00 e. The van der Waals surface area contributed by atoms with Gasteiger partial charge >= 0.3 is 17.1 Å². The third-order valence-corrected chi connectivity index (χ3v) is 4.58. The quantitative estimate of drug-likeness (QED) is 0.194. The van der Waals surface area contributed by atoms with Crippen LogP contribution >= 0.6 is 0 Å². The zero-order chi connectivity index (χ0) is 29.3. The van der Waals surface area contributed by atoms with Gasteiger partial charge in [-0.05, 0) is 73.8 Å². The molecule has 0 unspecified atom stereocenters. The number of ether oxygens (including phenoxy) is 2. The number of hydrogen-bond acceptors (Lipinski definition) is 12. The molecule has 0 saturated heterocycles. The van der Waals surface area contributed by atoms with E-state index >= 15 is 0 Å². The van der Waals surface area contributed by atoms with Crippen molar-refractivity contribution in [2.45, 2.75) is 0 Å². The van der Waals surface area contributed by atoms with Crippen LogP contribution in [0.5, 0.6) is 11.5 Å². The summed E-state index contributed by atoms with van der Waals surface area (Å²) >= 11 is 0. The van der Waals surface area contributed by atoms with Crippen LogP contribution in [0.25, 0.3) is 0 Å². The number of hydrogen-bond donors (Lipinski definition) is 4. The van der Waals surface area contributed by atoms with Gasteiger partial charge in [-0.15, -0.1) is 0 Å². The van der Waals surface area contributed by atoms with Gasteiger partial charge in [-0.3, -0.25) is 0 Å². The van der Waals surface area contributed by atoms with Gasteiger partial charge in [-0.1, -0.05) is 0 Å². The summed E-state index contributed by atoms with van der Waals surface area (Å²) in [5.74, 6) is -1.08. The third kappa shape index (κ3) is 22.9. The standard InChI is InChI=1S/2C8H8O3.2C5H13NO2.Cu/c2*1-11-7-4-2-6(3-5-7)8(9)10;2*1-6(2-4-7)3-5-8;/h2*2-5H,1H3,(H,9,10);2*7-8H,2-5H2,1H3;/q;;;;+2/p-2. The molecular formula is C26H40CuN2O10. The number of rotatable bonds is 12. The Morgan fingerprint density at radius 3 is 1.00 bits per heavy atom. The molecule has 0 bridgehead atoms. The molecule has 2 rings (SSSR count). The fourth-order valence-corrected chi connectivity index (χ4v) is 2.36. The number of carbonyl (C=O) groups is 2. The van der Waals surface area contributed by atoms with Gasteiger partial charge in [0.2, 0.25) is 0 Å². The Hall–Kier alpha value is -2.74. The molecule has 13 heteroatoms. The van der Waals surface area contributed by atoms with Crippen LogP contribution in [0.1, 0.15) is 20.7 Å². The van der Waals surface area contributed by atoms with Crippen LogP contribution in [0.3, 0.4) is 0 Å². The van der Waals surface area contributed by atoms with E-state index in [1.165, 1.54) is 38.5 Å². The zero-order valence-corrected chi connectivity index (χ0v) is 23.7. The van der Waals surface area contributed by atoms with Crippen LogP contribution in [0.4, 0.5) is 0 Å². The summed E-state index contributed by atoms with van der Waals surface area (Å²) in [5.41, 5.74) is 0.316. The van der Waals surface area contributed by atoms with Crippen molar-refractivity contribution in [3.63, 3.8) is 0 Å². The van der Waals surface area contributed by atoms with Crippen molar-refractivity contribution in [2.24, 2.45) is 0 Å². The van der Waals surface area contributed by atoms with E-state index in [1.54, 1.807) is 24.3 Å². The molecule has 0 fully saturated rings. The van der Waals surface area contributed by atoms with Crippen molar-refractivity contribution >= 4 is 11.9 Å². The molecule has 0 atom stereocenters. The second kappa shape index (κ2) is 26.9. The second-order valence-corrected chi connectivity index (χ2v) is 7.53. The summed E-state index contributed by atoms with van der Waals surface area (Å²) in [4.78, 5) is 24.2. The number of carbonyl (C=O) groups excluding carboxylic acids is 2. The summed E-state index contributed by atoms with van der Waals surface area (Å²) in [6, 6.07) is 12.1. The first kappa shape index (κ1) is 40.8. The molecule has 0 aliphatic carbocycles. The Morgan fingerprint density at radius 2 is 0.846 bits per heavy atom. The van der Waals surface area contributed by atoms with Crippen molar-refractivity contribution in [1.29, 1.82) is 0 Å². The fraction of sp³-hybridized carbons (Fsp3) is 0.462. The van der Waals surface area contributed by atoms with Gasteiger partial charge in [-0.25, -0.2) is 0 Å². The van der Waals surface area contributed by atoms with E-state index in [4.69, 9.17) is 29.9 Å². The topological polar surface area (TPSA) is 186 Å². The van der Waals surface area contributed by atoms with Crippen LogP contribution in [-0.4, -0.2) is 123 Å². The number of carboxylic acids is 2. The van der Waals surface area contributed by atoms with Gasteiger partial charge in [0.1, 0.15) is 11.5 Å². The van der Waals surface area contributed by atoms with Crippen LogP contribution < -0.4 is 19.7 Å². The van der Waals surface area contributed by atoms with Gasteiger partial charge in [0.15, 0.2) is 0 Å². The normalized spacial score (nSPS) is 9.49. The molecule has 0 aliphatic heterocycles. The molecule has 0 amide bonds. The minimum Gasteiger partial charge on any atom is -0.545 e. The van der Waals surface area contributed by atoms with Crippen molar-refractivity contribution in [2.75, 3.05) is 80.9 Å². The summed E-state index contributed by atoms with van der Waals surface area (Å²) in [6.45, 7) is 3.21. The SMILES string of the molecule is CN(CCO)CCO.CN(CCO)CCO.COc1ccc(C(=O)[O-])cc1.COc1ccc(C(=O)[O-])cc1.[Cu+2]. The Morgan fingerprint density at radius 1 is 0.615 bits per heavy atom. The molecule has 1 radical (unpaired) electrons. The first-order chi connectivity index (χ1) is 18.1. The maximum Gasteiger partial charge on any atom is 2.00 e. The van der Waals surface area contributed by atoms with E-state index in [2.05, 4.69) is 0 Å². The van der Waals surface area contributed by atoms with Crippen LogP contribution in [0.15, 0.2) is 48.5 Å². The van der Waals surface area contributed by atoms with Crippen LogP contribution in [-0.2, 0) is 17.1 Å². The minimum absolute atomic E-state index is 0. The maximum atomic E-state index is 10.2. The predicted octanol–water partition coefficient (Wildman–Crippen LogP) is -2.08. The zero-order valence-electron chi connectivity index (χ0n) is 22.7. The first-order valence-electron chi connectivity index (χ1n) is 11.6. The number of benzene rings is 2. The van der Waals surface area contributed by atoms with Crippen LogP contribution in [0, 0.1) is 0 Å². The molecule has 2 aromatic rings. The molecular weight excluding hydrogens is 564 g/mol. The second-order valence-electron chi connectivity index (χ2n) is 7.53. The number of aliphatic hydroxyl groups excluding tert-OH is 4. The van der Waals surface area contributed by atoms with Gasteiger partial charge in [0.25, 0.3) is 0 Å². The van der Waals surface area contributed by atoms with Gasteiger partial charge < -0.3 is 59.5 Å². The first-order valence-corrected chi connectivity index (χ1v) is 11.6. The Bertz CT molecular complexity index is 771. The summed E-state index contributed by atoms with van der Waals surface area (Å²) in [6.07, 6.45) is 0. The number of methoxy groups -OCH3 is 2. The van der Waals surface area contributed by atoms with Gasteiger partial charge in [0.05, 0.1) is 52.6 Å². The van der Waals surface area contributed by atoms with E-state index in [1.807, 2.05) is 23.9 Å². The Labute approximate surface area is 240 Å². The number of aliphatic hydroxyl groups is 4. The molecule has 4 N–H and O–H groups in total. The predicted molar refractivity (Wildman–Crippen MR) is 138 cm³/mol. The molecule has 12 nitrogen and oxygen atoms in total. The monoisotopic (exact) mass is 603 g/mol. The molecule has 0 saturated carbocycles. The average molecular weight is 604 g/mol. The smallest absolute Gasteiger partial charge is 0.545 e. The molecule has 0 aliphatic rings. The average Bonchev–Trinajstić information content (AvgIpc) is 2.90. The van der Waals surface area contributed by atoms with E-state index in [9.17, 15) is 19.8 Å². The Kier molecular flexibility index (Phi) is 28.1. The maximum absolute atomic E-state index is 10.2. The number of likely N-dealkylation sites (N-methyl/N-ethyl adjacent to an activating group) is 2. The van der Waals surface area contributed by atoms with E-state index in [0.29, 0.717) is 37.7 Å². The summed E-state index contributed by atoms with van der Waals surface area (Å²) in [7, 11) is 6.75. The Balaban J connectivity index is -0.000000445. The molecule has 2 aromatic carbocycles. The van der Waals surface area contributed by atoms with Gasteiger partial charge in [0, 0.05) is 26.2 Å².